The third-order valence-electron chi connectivity index (χ3n) is 4.16. The zero-order valence-electron chi connectivity index (χ0n) is 12.1. The SMILES string of the molecule is CNCC1(CN2CC(C)OC(C)C2)CCOCC1. The smallest absolute Gasteiger partial charge is 0.0678 e. The Bertz CT molecular complexity index is 239. The number of hydrogen-bond acceptors (Lipinski definition) is 4. The van der Waals surface area contributed by atoms with Gasteiger partial charge < -0.3 is 14.8 Å². The van der Waals surface area contributed by atoms with E-state index in [1.54, 1.807) is 0 Å². The normalized spacial score (nSPS) is 33.5. The van der Waals surface area contributed by atoms with Crippen LogP contribution in [0.5, 0.6) is 0 Å². The van der Waals surface area contributed by atoms with Crippen molar-refractivity contribution in [1.82, 2.24) is 10.2 Å². The van der Waals surface area contributed by atoms with Gasteiger partial charge in [0.1, 0.15) is 0 Å². The van der Waals surface area contributed by atoms with Crippen LogP contribution in [0.3, 0.4) is 0 Å². The Hall–Kier alpha value is -0.160. The summed E-state index contributed by atoms with van der Waals surface area (Å²) in [4.78, 5) is 2.58. The van der Waals surface area contributed by atoms with E-state index in [1.807, 2.05) is 0 Å². The molecule has 1 N–H and O–H groups in total. The van der Waals surface area contributed by atoms with Crippen LogP contribution in [-0.4, -0.2) is 63.5 Å². The Morgan fingerprint density at radius 3 is 2.33 bits per heavy atom. The fraction of sp³-hybridized carbons (Fsp3) is 1.00. The van der Waals surface area contributed by atoms with E-state index in [9.17, 15) is 0 Å². The van der Waals surface area contributed by atoms with Crippen LogP contribution in [-0.2, 0) is 9.47 Å². The van der Waals surface area contributed by atoms with Crippen LogP contribution in [0, 0.1) is 5.41 Å². The van der Waals surface area contributed by atoms with E-state index in [0.717, 1.165) is 32.8 Å². The van der Waals surface area contributed by atoms with Gasteiger partial charge in [0.2, 0.25) is 0 Å². The fourth-order valence-corrected chi connectivity index (χ4v) is 3.46. The summed E-state index contributed by atoms with van der Waals surface area (Å²) in [6.07, 6.45) is 3.07. The van der Waals surface area contributed by atoms with Gasteiger partial charge in [-0.15, -0.1) is 0 Å². The third-order valence-corrected chi connectivity index (χ3v) is 4.16. The molecule has 0 aromatic rings. The van der Waals surface area contributed by atoms with Crippen LogP contribution in [0.1, 0.15) is 26.7 Å². The molecule has 106 valence electrons. The van der Waals surface area contributed by atoms with Crippen molar-refractivity contribution in [2.45, 2.75) is 38.9 Å². The van der Waals surface area contributed by atoms with Crippen molar-refractivity contribution in [1.29, 1.82) is 0 Å². The van der Waals surface area contributed by atoms with E-state index in [4.69, 9.17) is 9.47 Å². The molecule has 2 rings (SSSR count). The first-order chi connectivity index (χ1) is 8.63. The maximum Gasteiger partial charge on any atom is 0.0678 e. The van der Waals surface area contributed by atoms with E-state index < -0.39 is 0 Å². The molecule has 2 atom stereocenters. The van der Waals surface area contributed by atoms with Gasteiger partial charge in [0.05, 0.1) is 12.2 Å². The van der Waals surface area contributed by atoms with Gasteiger partial charge in [0, 0.05) is 39.4 Å². The molecule has 2 heterocycles. The third kappa shape index (κ3) is 3.67. The molecule has 2 fully saturated rings. The van der Waals surface area contributed by atoms with Crippen LogP contribution in [0.2, 0.25) is 0 Å². The molecule has 4 nitrogen and oxygen atoms in total. The number of nitrogens with one attached hydrogen (secondary N) is 1. The fourth-order valence-electron chi connectivity index (χ4n) is 3.46. The number of morpholine rings is 1. The van der Waals surface area contributed by atoms with Crippen molar-refractivity contribution < 1.29 is 9.47 Å². The molecule has 2 aliphatic rings. The maximum absolute atomic E-state index is 5.82. The summed E-state index contributed by atoms with van der Waals surface area (Å²) in [6, 6.07) is 0. The molecule has 18 heavy (non-hydrogen) atoms. The highest BCUT2D eigenvalue weighted by Crippen LogP contribution is 2.31. The minimum Gasteiger partial charge on any atom is -0.381 e. The Kier molecular flexibility index (Phi) is 5.01. The predicted octanol–water partition coefficient (Wildman–Crippen LogP) is 1.11. The Balaban J connectivity index is 1.95. The quantitative estimate of drug-likeness (QED) is 0.817. The van der Waals surface area contributed by atoms with Gasteiger partial charge in [-0.2, -0.15) is 0 Å². The highest BCUT2D eigenvalue weighted by atomic mass is 16.5. The molecule has 0 aromatic heterocycles. The van der Waals surface area contributed by atoms with Crippen molar-refractivity contribution >= 4 is 0 Å². The second-order valence-electron chi connectivity index (χ2n) is 6.09. The summed E-state index contributed by atoms with van der Waals surface area (Å²) < 4.78 is 11.3. The van der Waals surface area contributed by atoms with Gasteiger partial charge in [-0.3, -0.25) is 4.90 Å². The van der Waals surface area contributed by atoms with Gasteiger partial charge in [-0.1, -0.05) is 0 Å². The van der Waals surface area contributed by atoms with E-state index in [1.165, 1.54) is 19.4 Å². The van der Waals surface area contributed by atoms with Crippen LogP contribution < -0.4 is 5.32 Å². The number of ether oxygens (including phenoxy) is 2. The van der Waals surface area contributed by atoms with Crippen LogP contribution in [0.25, 0.3) is 0 Å². The second-order valence-corrected chi connectivity index (χ2v) is 6.09. The largest absolute Gasteiger partial charge is 0.381 e. The minimum atomic E-state index is 0.361. The average molecular weight is 256 g/mol. The lowest BCUT2D eigenvalue weighted by molar-refractivity contribution is -0.0873. The van der Waals surface area contributed by atoms with E-state index in [0.29, 0.717) is 17.6 Å². The number of nitrogens with zero attached hydrogens (tertiary/aromatic N) is 1. The molecule has 0 spiro atoms. The zero-order valence-corrected chi connectivity index (χ0v) is 12.1. The topological polar surface area (TPSA) is 33.7 Å². The summed E-state index contributed by atoms with van der Waals surface area (Å²) >= 11 is 0. The number of rotatable bonds is 4. The van der Waals surface area contributed by atoms with Crippen LogP contribution >= 0.6 is 0 Å². The van der Waals surface area contributed by atoms with Gasteiger partial charge >= 0.3 is 0 Å². The molecule has 0 bridgehead atoms. The molecule has 0 saturated carbocycles. The Morgan fingerprint density at radius 2 is 1.78 bits per heavy atom. The summed E-state index contributed by atoms with van der Waals surface area (Å²) in [7, 11) is 2.06. The average Bonchev–Trinajstić information content (AvgIpc) is 2.28. The molecule has 0 radical (unpaired) electrons. The lowest BCUT2D eigenvalue weighted by Gasteiger charge is -2.44. The Morgan fingerprint density at radius 1 is 1.17 bits per heavy atom. The van der Waals surface area contributed by atoms with Crippen molar-refractivity contribution in [2.24, 2.45) is 5.41 Å². The monoisotopic (exact) mass is 256 g/mol. The molecular formula is C14H28N2O2. The first kappa shape index (κ1) is 14.3. The number of hydrogen-bond donors (Lipinski definition) is 1. The summed E-state index contributed by atoms with van der Waals surface area (Å²) in [5, 5.41) is 3.38. The van der Waals surface area contributed by atoms with E-state index >= 15 is 0 Å². The second kappa shape index (κ2) is 6.33. The Labute approximate surface area is 111 Å². The van der Waals surface area contributed by atoms with Crippen molar-refractivity contribution in [3.05, 3.63) is 0 Å². The van der Waals surface area contributed by atoms with Gasteiger partial charge in [-0.05, 0) is 39.2 Å². The van der Waals surface area contributed by atoms with Gasteiger partial charge in [0.15, 0.2) is 0 Å². The lowest BCUT2D eigenvalue weighted by Crippen LogP contribution is -2.53. The van der Waals surface area contributed by atoms with Crippen molar-refractivity contribution in [3.8, 4) is 0 Å². The molecule has 0 amide bonds. The first-order valence-electron chi connectivity index (χ1n) is 7.24. The first-order valence-corrected chi connectivity index (χ1v) is 7.24. The van der Waals surface area contributed by atoms with Crippen molar-refractivity contribution in [3.63, 3.8) is 0 Å². The van der Waals surface area contributed by atoms with E-state index in [-0.39, 0.29) is 0 Å². The van der Waals surface area contributed by atoms with Crippen LogP contribution in [0.4, 0.5) is 0 Å². The molecular weight excluding hydrogens is 228 g/mol. The maximum atomic E-state index is 5.82. The molecule has 0 aromatic carbocycles. The zero-order chi connectivity index (χ0) is 13.0. The summed E-state index contributed by atoms with van der Waals surface area (Å²) in [5.74, 6) is 0. The van der Waals surface area contributed by atoms with Crippen molar-refractivity contribution in [2.75, 3.05) is 46.4 Å². The van der Waals surface area contributed by atoms with Crippen LogP contribution in [0.15, 0.2) is 0 Å². The van der Waals surface area contributed by atoms with E-state index in [2.05, 4.69) is 31.1 Å². The summed E-state index contributed by atoms with van der Waals surface area (Å²) in [5.41, 5.74) is 0.393. The molecule has 2 aliphatic heterocycles. The highest BCUT2D eigenvalue weighted by Gasteiger charge is 2.35. The minimum absolute atomic E-state index is 0.361. The molecule has 2 unspecified atom stereocenters. The standard InChI is InChI=1S/C14H28N2O2/c1-12-8-16(9-13(2)18-12)11-14(10-15-3)4-6-17-7-5-14/h12-13,15H,4-11H2,1-3H3. The molecule has 4 heteroatoms. The molecule has 2 saturated heterocycles. The van der Waals surface area contributed by atoms with Gasteiger partial charge in [-0.25, -0.2) is 0 Å². The summed E-state index contributed by atoms with van der Waals surface area (Å²) in [6.45, 7) is 10.6. The molecule has 0 aliphatic carbocycles. The lowest BCUT2D eigenvalue weighted by atomic mass is 9.79. The van der Waals surface area contributed by atoms with Gasteiger partial charge in [0.25, 0.3) is 0 Å². The highest BCUT2D eigenvalue weighted by molar-refractivity contribution is 4.88. The predicted molar refractivity (Wildman–Crippen MR) is 72.9 cm³/mol.